The summed E-state index contributed by atoms with van der Waals surface area (Å²) in [4.78, 5) is 2.14. The highest BCUT2D eigenvalue weighted by atomic mass is 16.5. The van der Waals surface area contributed by atoms with Crippen molar-refractivity contribution < 1.29 is 14.6 Å². The van der Waals surface area contributed by atoms with Gasteiger partial charge in [0.25, 0.3) is 0 Å². The van der Waals surface area contributed by atoms with Crippen molar-refractivity contribution in [3.8, 4) is 11.5 Å². The molecule has 1 aromatic carbocycles. The monoisotopic (exact) mass is 331 g/mol. The van der Waals surface area contributed by atoms with Gasteiger partial charge in [-0.3, -0.25) is 4.90 Å². The summed E-state index contributed by atoms with van der Waals surface area (Å²) < 4.78 is 12.8. The Hall–Kier alpha value is -2.19. The summed E-state index contributed by atoms with van der Waals surface area (Å²) in [5.41, 5.74) is 1.77. The normalized spacial score (nSPS) is 20.7. The molecular weight excluding hydrogens is 310 g/mol. The molecule has 2 aromatic rings. The quantitative estimate of drug-likeness (QED) is 0.877. The van der Waals surface area contributed by atoms with E-state index in [0.29, 0.717) is 31.4 Å². The van der Waals surface area contributed by atoms with Crippen molar-refractivity contribution in [2.75, 3.05) is 20.8 Å². The van der Waals surface area contributed by atoms with E-state index in [1.807, 2.05) is 16.8 Å². The molecule has 1 atom stereocenters. The van der Waals surface area contributed by atoms with Crippen molar-refractivity contribution in [2.45, 2.75) is 38.1 Å². The van der Waals surface area contributed by atoms with Crippen molar-refractivity contribution in [1.82, 2.24) is 25.1 Å². The average molecular weight is 331 g/mol. The minimum atomic E-state index is -0.635. The van der Waals surface area contributed by atoms with Crippen molar-refractivity contribution in [3.63, 3.8) is 0 Å². The largest absolute Gasteiger partial charge is 0.496 e. The minimum absolute atomic E-state index is 0.437. The van der Waals surface area contributed by atoms with Crippen LogP contribution in [0, 0.1) is 0 Å². The zero-order chi connectivity index (χ0) is 16.7. The first kappa shape index (κ1) is 15.3. The second-order valence-corrected chi connectivity index (χ2v) is 6.32. The molecule has 0 radical (unpaired) electrons. The lowest BCUT2D eigenvalue weighted by Gasteiger charge is -2.33. The molecule has 2 aliphatic rings. The summed E-state index contributed by atoms with van der Waals surface area (Å²) in [7, 11) is 3.26. The van der Waals surface area contributed by atoms with Crippen molar-refractivity contribution in [3.05, 3.63) is 29.1 Å². The van der Waals surface area contributed by atoms with E-state index in [2.05, 4.69) is 20.4 Å². The van der Waals surface area contributed by atoms with Gasteiger partial charge in [-0.05, 0) is 35.4 Å². The molecule has 1 N–H and O–H groups in total. The number of tetrazole rings is 1. The maximum absolute atomic E-state index is 10.6. The standard InChI is InChI=1S/C16H21N5O3/c1-23-13-5-6-14(24-2)16-11(13)7-20(8-12(16)22)9-15-17-18-19-21(15)10-3-4-10/h5-6,10,12,22H,3-4,7-9H2,1-2H3. The predicted molar refractivity (Wildman–Crippen MR) is 84.7 cm³/mol. The average Bonchev–Trinajstić information content (AvgIpc) is 3.33. The van der Waals surface area contributed by atoms with Crippen LogP contribution in [0.4, 0.5) is 0 Å². The smallest absolute Gasteiger partial charge is 0.165 e. The summed E-state index contributed by atoms with van der Waals surface area (Å²) >= 11 is 0. The van der Waals surface area contributed by atoms with Gasteiger partial charge in [-0.15, -0.1) is 5.10 Å². The number of aliphatic hydroxyl groups excluding tert-OH is 1. The van der Waals surface area contributed by atoms with Crippen LogP contribution in [0.5, 0.6) is 11.5 Å². The Morgan fingerprint density at radius 3 is 2.67 bits per heavy atom. The molecule has 1 unspecified atom stereocenters. The van der Waals surface area contributed by atoms with Gasteiger partial charge in [-0.2, -0.15) is 0 Å². The molecule has 0 amide bonds. The fourth-order valence-corrected chi connectivity index (χ4v) is 3.38. The number of aromatic nitrogens is 4. The van der Waals surface area contributed by atoms with Crippen molar-refractivity contribution in [1.29, 1.82) is 0 Å². The Balaban J connectivity index is 1.62. The van der Waals surface area contributed by atoms with E-state index in [1.54, 1.807) is 14.2 Å². The fourth-order valence-electron chi connectivity index (χ4n) is 3.38. The van der Waals surface area contributed by atoms with Crippen LogP contribution in [0.1, 0.15) is 41.9 Å². The molecule has 0 bridgehead atoms. The Morgan fingerprint density at radius 2 is 1.96 bits per heavy atom. The molecule has 4 rings (SSSR count). The molecule has 1 aliphatic carbocycles. The highest BCUT2D eigenvalue weighted by Crippen LogP contribution is 2.40. The van der Waals surface area contributed by atoms with Gasteiger partial charge in [-0.25, -0.2) is 4.68 Å². The Labute approximate surface area is 140 Å². The second-order valence-electron chi connectivity index (χ2n) is 6.32. The van der Waals surface area contributed by atoms with E-state index in [-0.39, 0.29) is 0 Å². The molecule has 24 heavy (non-hydrogen) atoms. The Morgan fingerprint density at radius 1 is 1.21 bits per heavy atom. The van der Waals surface area contributed by atoms with Crippen molar-refractivity contribution in [2.24, 2.45) is 0 Å². The first-order valence-corrected chi connectivity index (χ1v) is 8.12. The van der Waals surface area contributed by atoms with Gasteiger partial charge in [0.15, 0.2) is 5.82 Å². The van der Waals surface area contributed by atoms with E-state index >= 15 is 0 Å². The zero-order valence-electron chi connectivity index (χ0n) is 13.8. The van der Waals surface area contributed by atoms with Crippen LogP contribution in [0.15, 0.2) is 12.1 Å². The van der Waals surface area contributed by atoms with Gasteiger partial charge in [-0.1, -0.05) is 0 Å². The van der Waals surface area contributed by atoms with Gasteiger partial charge >= 0.3 is 0 Å². The summed E-state index contributed by atoms with van der Waals surface area (Å²) in [6, 6.07) is 4.15. The van der Waals surface area contributed by atoms with Gasteiger partial charge in [0.05, 0.1) is 32.9 Å². The van der Waals surface area contributed by atoms with Crippen LogP contribution in [-0.2, 0) is 13.1 Å². The summed E-state index contributed by atoms with van der Waals surface area (Å²) in [5.74, 6) is 2.30. The molecule has 1 aromatic heterocycles. The molecule has 128 valence electrons. The molecule has 1 fully saturated rings. The lowest BCUT2D eigenvalue weighted by Crippen LogP contribution is -2.34. The zero-order valence-corrected chi connectivity index (χ0v) is 13.8. The summed E-state index contributed by atoms with van der Waals surface area (Å²) in [6.45, 7) is 1.76. The van der Waals surface area contributed by atoms with Gasteiger partial charge < -0.3 is 14.6 Å². The van der Waals surface area contributed by atoms with E-state index in [4.69, 9.17) is 9.47 Å². The number of rotatable bonds is 5. The number of ether oxygens (including phenoxy) is 2. The number of benzene rings is 1. The maximum atomic E-state index is 10.6. The molecule has 8 heteroatoms. The molecule has 0 saturated heterocycles. The second kappa shape index (κ2) is 6.03. The molecule has 0 spiro atoms. The van der Waals surface area contributed by atoms with Gasteiger partial charge in [0.1, 0.15) is 11.5 Å². The third kappa shape index (κ3) is 2.61. The first-order chi connectivity index (χ1) is 11.7. The summed E-state index contributed by atoms with van der Waals surface area (Å²) in [5, 5.41) is 22.7. The SMILES string of the molecule is COc1ccc(OC)c2c1CN(Cc1nnnn1C1CC1)CC2O. The van der Waals surface area contributed by atoms with E-state index in [9.17, 15) is 5.11 Å². The number of hydrogen-bond donors (Lipinski definition) is 1. The third-order valence-corrected chi connectivity index (χ3v) is 4.68. The molecule has 1 saturated carbocycles. The number of methoxy groups -OCH3 is 2. The van der Waals surface area contributed by atoms with Crippen LogP contribution < -0.4 is 9.47 Å². The van der Waals surface area contributed by atoms with E-state index in [1.165, 1.54) is 0 Å². The third-order valence-electron chi connectivity index (χ3n) is 4.68. The molecule has 2 heterocycles. The van der Waals surface area contributed by atoms with E-state index in [0.717, 1.165) is 35.5 Å². The number of β-amino-alcohol motifs (C(OH)–C–C–N with tert-alkyl or cyclic N) is 1. The number of aliphatic hydroxyl groups is 1. The van der Waals surface area contributed by atoms with Crippen LogP contribution in [0.2, 0.25) is 0 Å². The van der Waals surface area contributed by atoms with Crippen LogP contribution >= 0.6 is 0 Å². The highest BCUT2D eigenvalue weighted by Gasteiger charge is 2.32. The minimum Gasteiger partial charge on any atom is -0.496 e. The van der Waals surface area contributed by atoms with Crippen LogP contribution in [0.25, 0.3) is 0 Å². The number of hydrogen-bond acceptors (Lipinski definition) is 7. The Kier molecular flexibility index (Phi) is 3.85. The topological polar surface area (TPSA) is 85.5 Å². The summed E-state index contributed by atoms with van der Waals surface area (Å²) in [6.07, 6.45) is 1.63. The molecule has 8 nitrogen and oxygen atoms in total. The first-order valence-electron chi connectivity index (χ1n) is 8.12. The molecular formula is C16H21N5O3. The fraction of sp³-hybridized carbons (Fsp3) is 0.562. The van der Waals surface area contributed by atoms with Crippen molar-refractivity contribution >= 4 is 0 Å². The lowest BCUT2D eigenvalue weighted by molar-refractivity contribution is 0.0819. The predicted octanol–water partition coefficient (Wildman–Crippen LogP) is 1.07. The number of fused-ring (bicyclic) bond motifs is 1. The Bertz CT molecular complexity index is 743. The number of nitrogens with zero attached hydrogens (tertiary/aromatic N) is 5. The van der Waals surface area contributed by atoms with Crippen LogP contribution in [0.3, 0.4) is 0 Å². The lowest BCUT2D eigenvalue weighted by atomic mass is 9.95. The maximum Gasteiger partial charge on any atom is 0.165 e. The highest BCUT2D eigenvalue weighted by molar-refractivity contribution is 5.51. The van der Waals surface area contributed by atoms with Gasteiger partial charge in [0.2, 0.25) is 0 Å². The molecule has 1 aliphatic heterocycles. The van der Waals surface area contributed by atoms with Crippen LogP contribution in [-0.4, -0.2) is 51.0 Å². The van der Waals surface area contributed by atoms with E-state index < -0.39 is 6.10 Å². The van der Waals surface area contributed by atoms with Gasteiger partial charge in [0, 0.05) is 24.2 Å².